The predicted molar refractivity (Wildman–Crippen MR) is 83.9 cm³/mol. The Balaban J connectivity index is 2.60. The molecule has 0 radical (unpaired) electrons. The van der Waals surface area contributed by atoms with E-state index < -0.39 is 17.3 Å². The molecule has 1 atom stereocenters. The lowest BCUT2D eigenvalue weighted by atomic mass is 9.71. The lowest BCUT2D eigenvalue weighted by Gasteiger charge is -2.36. The van der Waals surface area contributed by atoms with Crippen LogP contribution in [0.3, 0.4) is 0 Å². The smallest absolute Gasteiger partial charge is 0.166 e. The molecule has 1 rings (SSSR count). The zero-order valence-corrected chi connectivity index (χ0v) is 14.3. The van der Waals surface area contributed by atoms with Crippen LogP contribution in [0.2, 0.25) is 0 Å². The lowest BCUT2D eigenvalue weighted by molar-refractivity contribution is -0.194. The third kappa shape index (κ3) is 4.69. The second kappa shape index (κ2) is 8.30. The molecule has 2 nitrogen and oxygen atoms in total. The van der Waals surface area contributed by atoms with Gasteiger partial charge in [0, 0.05) is 5.41 Å². The molecule has 0 spiro atoms. The van der Waals surface area contributed by atoms with Gasteiger partial charge in [0.2, 0.25) is 0 Å². The van der Waals surface area contributed by atoms with Crippen LogP contribution >= 0.6 is 0 Å². The molecule has 0 aliphatic carbocycles. The summed E-state index contributed by atoms with van der Waals surface area (Å²) in [6.45, 7) is 5.99. The molecule has 0 amide bonds. The minimum absolute atomic E-state index is 0.563. The molecule has 5 heteroatoms. The summed E-state index contributed by atoms with van der Waals surface area (Å²) in [5.41, 5.74) is -2.98. The first-order chi connectivity index (χ1) is 10.3. The van der Waals surface area contributed by atoms with E-state index in [2.05, 4.69) is 24.1 Å². The number of unbranched alkanes of at least 4 members (excludes halogenated alkanes) is 7. The highest BCUT2D eigenvalue weighted by Crippen LogP contribution is 2.59. The summed E-state index contributed by atoms with van der Waals surface area (Å²) >= 11 is 0. The van der Waals surface area contributed by atoms with Gasteiger partial charge in [-0.15, -0.1) is 10.2 Å². The molecular formula is C17H31F3N2. The molecule has 1 aliphatic heterocycles. The molecule has 1 heterocycles. The SMILES string of the molecule is CCCCCCCC(C)(CCCCCC)C1(C(F)(F)F)N=N1. The molecule has 1 unspecified atom stereocenters. The Morgan fingerprint density at radius 2 is 1.14 bits per heavy atom. The zero-order chi connectivity index (χ0) is 16.7. The van der Waals surface area contributed by atoms with Gasteiger partial charge in [0.05, 0.1) is 0 Å². The predicted octanol–water partition coefficient (Wildman–Crippen LogP) is 7.05. The van der Waals surface area contributed by atoms with Crippen LogP contribution in [0.4, 0.5) is 13.2 Å². The Kier molecular flexibility index (Phi) is 7.33. The lowest BCUT2D eigenvalue weighted by Crippen LogP contribution is -2.47. The average Bonchev–Trinajstić information content (AvgIpc) is 3.25. The van der Waals surface area contributed by atoms with Crippen molar-refractivity contribution >= 4 is 0 Å². The Morgan fingerprint density at radius 1 is 0.727 bits per heavy atom. The Labute approximate surface area is 133 Å². The molecule has 0 N–H and O–H groups in total. The molecule has 0 aromatic rings. The third-order valence-electron chi connectivity index (χ3n) is 4.95. The van der Waals surface area contributed by atoms with E-state index in [0.29, 0.717) is 12.8 Å². The van der Waals surface area contributed by atoms with Crippen LogP contribution in [0.15, 0.2) is 10.2 Å². The van der Waals surface area contributed by atoms with E-state index in [-0.39, 0.29) is 0 Å². The molecule has 22 heavy (non-hydrogen) atoms. The number of hydrogen-bond acceptors (Lipinski definition) is 2. The molecule has 0 bridgehead atoms. The summed E-state index contributed by atoms with van der Waals surface area (Å²) in [5.74, 6) is 0. The molecule has 0 aromatic heterocycles. The average molecular weight is 320 g/mol. The summed E-state index contributed by atoms with van der Waals surface area (Å²) in [7, 11) is 0. The summed E-state index contributed by atoms with van der Waals surface area (Å²) < 4.78 is 40.2. The van der Waals surface area contributed by atoms with Crippen molar-refractivity contribution in [1.82, 2.24) is 0 Å². The molecule has 1 aliphatic rings. The standard InChI is InChI=1S/C17H31F3N2/c1-4-6-8-10-12-14-15(3,13-11-9-7-5-2)16(21-22-16)17(18,19)20/h4-14H2,1-3H3. The quantitative estimate of drug-likeness (QED) is 0.344. The number of nitrogens with zero attached hydrogens (tertiary/aromatic N) is 2. The second-order valence-corrected chi connectivity index (χ2v) is 6.91. The minimum Gasteiger partial charge on any atom is -0.166 e. The fourth-order valence-electron chi connectivity index (χ4n) is 3.28. The number of alkyl halides is 3. The zero-order valence-electron chi connectivity index (χ0n) is 14.3. The van der Waals surface area contributed by atoms with Crippen LogP contribution in [0.5, 0.6) is 0 Å². The van der Waals surface area contributed by atoms with E-state index >= 15 is 0 Å². The van der Waals surface area contributed by atoms with Gasteiger partial charge in [-0.2, -0.15) is 13.2 Å². The van der Waals surface area contributed by atoms with Gasteiger partial charge in [0.15, 0.2) is 0 Å². The molecule has 0 saturated heterocycles. The fraction of sp³-hybridized carbons (Fsp3) is 1.00. The van der Waals surface area contributed by atoms with E-state index in [4.69, 9.17) is 0 Å². The summed E-state index contributed by atoms with van der Waals surface area (Å²) in [6, 6.07) is 0. The van der Waals surface area contributed by atoms with Crippen LogP contribution in [0.1, 0.15) is 91.4 Å². The maximum atomic E-state index is 13.4. The van der Waals surface area contributed by atoms with Gasteiger partial charge in [-0.05, 0) is 12.8 Å². The van der Waals surface area contributed by atoms with E-state index in [1.165, 1.54) is 0 Å². The molecule has 0 saturated carbocycles. The van der Waals surface area contributed by atoms with Gasteiger partial charge in [-0.25, -0.2) is 0 Å². The van der Waals surface area contributed by atoms with Gasteiger partial charge in [-0.1, -0.05) is 78.6 Å². The Hall–Kier alpha value is -0.610. The molecule has 0 fully saturated rings. The van der Waals surface area contributed by atoms with Crippen molar-refractivity contribution in [1.29, 1.82) is 0 Å². The highest BCUT2D eigenvalue weighted by Gasteiger charge is 2.72. The van der Waals surface area contributed by atoms with Gasteiger partial charge in [0.25, 0.3) is 5.66 Å². The third-order valence-corrected chi connectivity index (χ3v) is 4.95. The van der Waals surface area contributed by atoms with Crippen LogP contribution in [0.25, 0.3) is 0 Å². The largest absolute Gasteiger partial charge is 0.438 e. The highest BCUT2D eigenvalue weighted by atomic mass is 19.4. The monoisotopic (exact) mass is 320 g/mol. The van der Waals surface area contributed by atoms with Crippen molar-refractivity contribution in [3.05, 3.63) is 0 Å². The van der Waals surface area contributed by atoms with Crippen molar-refractivity contribution in [3.8, 4) is 0 Å². The van der Waals surface area contributed by atoms with Crippen LogP contribution in [0, 0.1) is 5.41 Å². The first-order valence-electron chi connectivity index (χ1n) is 8.84. The number of hydrogen-bond donors (Lipinski definition) is 0. The van der Waals surface area contributed by atoms with Gasteiger partial charge >= 0.3 is 6.18 Å². The normalized spacial score (nSPS) is 19.2. The summed E-state index contributed by atoms with van der Waals surface area (Å²) in [4.78, 5) is 0. The van der Waals surface area contributed by atoms with Crippen LogP contribution < -0.4 is 0 Å². The summed E-state index contributed by atoms with van der Waals surface area (Å²) in [5, 5.41) is 6.98. The summed E-state index contributed by atoms with van der Waals surface area (Å²) in [6.07, 6.45) is 6.04. The fourth-order valence-corrected chi connectivity index (χ4v) is 3.28. The number of rotatable bonds is 12. The van der Waals surface area contributed by atoms with E-state index in [9.17, 15) is 13.2 Å². The van der Waals surface area contributed by atoms with Gasteiger partial charge < -0.3 is 0 Å². The van der Waals surface area contributed by atoms with Crippen molar-refractivity contribution in [2.75, 3.05) is 0 Å². The molecule has 130 valence electrons. The maximum Gasteiger partial charge on any atom is 0.438 e. The van der Waals surface area contributed by atoms with E-state index in [1.807, 2.05) is 0 Å². The van der Waals surface area contributed by atoms with Gasteiger partial charge in [-0.3, -0.25) is 0 Å². The first kappa shape index (κ1) is 19.4. The van der Waals surface area contributed by atoms with E-state index in [0.717, 1.165) is 57.8 Å². The topological polar surface area (TPSA) is 24.7 Å². The van der Waals surface area contributed by atoms with Gasteiger partial charge in [0.1, 0.15) is 0 Å². The van der Waals surface area contributed by atoms with E-state index in [1.54, 1.807) is 6.92 Å². The molecule has 0 aromatic carbocycles. The maximum absolute atomic E-state index is 13.4. The Morgan fingerprint density at radius 3 is 1.50 bits per heavy atom. The second-order valence-electron chi connectivity index (χ2n) is 6.91. The van der Waals surface area contributed by atoms with Crippen molar-refractivity contribution < 1.29 is 13.2 Å². The Bertz CT molecular complexity index is 346. The highest BCUT2D eigenvalue weighted by molar-refractivity contribution is 5.11. The van der Waals surface area contributed by atoms with Crippen LogP contribution in [-0.2, 0) is 0 Å². The molecular weight excluding hydrogens is 289 g/mol. The van der Waals surface area contributed by atoms with Crippen molar-refractivity contribution in [2.24, 2.45) is 15.6 Å². The number of halogens is 3. The van der Waals surface area contributed by atoms with Crippen LogP contribution in [-0.4, -0.2) is 11.8 Å². The minimum atomic E-state index is -4.35. The van der Waals surface area contributed by atoms with Crippen molar-refractivity contribution in [2.45, 2.75) is 103 Å². The first-order valence-corrected chi connectivity index (χ1v) is 8.84. The van der Waals surface area contributed by atoms with Crippen molar-refractivity contribution in [3.63, 3.8) is 0 Å².